The number of piperidine rings is 1. The van der Waals surface area contributed by atoms with Gasteiger partial charge in [0.1, 0.15) is 5.01 Å². The van der Waals surface area contributed by atoms with Crippen molar-refractivity contribution in [1.29, 1.82) is 0 Å². The Labute approximate surface area is 161 Å². The van der Waals surface area contributed by atoms with E-state index in [0.717, 1.165) is 42.3 Å². The summed E-state index contributed by atoms with van der Waals surface area (Å²) >= 11 is 1.75. The van der Waals surface area contributed by atoms with Crippen LogP contribution in [0.25, 0.3) is 0 Å². The van der Waals surface area contributed by atoms with Crippen LogP contribution in [-0.4, -0.2) is 61.3 Å². The zero-order valence-corrected chi connectivity index (χ0v) is 17.2. The molecule has 1 aromatic rings. The summed E-state index contributed by atoms with van der Waals surface area (Å²) in [6.07, 6.45) is 3.58. The van der Waals surface area contributed by atoms with E-state index >= 15 is 0 Å². The monoisotopic (exact) mass is 379 g/mol. The lowest BCUT2D eigenvalue weighted by Gasteiger charge is -2.34. The highest BCUT2D eigenvalue weighted by Gasteiger charge is 2.24. The van der Waals surface area contributed by atoms with Crippen molar-refractivity contribution in [2.24, 2.45) is 10.9 Å². The van der Waals surface area contributed by atoms with Gasteiger partial charge in [0.2, 0.25) is 0 Å². The Kier molecular flexibility index (Phi) is 7.28. The Morgan fingerprint density at radius 3 is 2.73 bits per heavy atom. The lowest BCUT2D eigenvalue weighted by Crippen LogP contribution is -2.49. The number of rotatable bonds is 6. The lowest BCUT2D eigenvalue weighted by atomic mass is 10.0. The van der Waals surface area contributed by atoms with E-state index in [9.17, 15) is 0 Å². The summed E-state index contributed by atoms with van der Waals surface area (Å²) < 4.78 is 5.50. The largest absolute Gasteiger partial charge is 0.381 e. The Bertz CT molecular complexity index is 569. The van der Waals surface area contributed by atoms with E-state index in [0.29, 0.717) is 12.6 Å². The minimum Gasteiger partial charge on any atom is -0.381 e. The maximum Gasteiger partial charge on any atom is 0.191 e. The smallest absolute Gasteiger partial charge is 0.191 e. The molecule has 3 heterocycles. The highest BCUT2D eigenvalue weighted by atomic mass is 32.1. The van der Waals surface area contributed by atoms with Crippen molar-refractivity contribution in [2.45, 2.75) is 52.6 Å². The van der Waals surface area contributed by atoms with Gasteiger partial charge in [-0.2, -0.15) is 0 Å². The molecule has 1 unspecified atom stereocenters. The third-order valence-corrected chi connectivity index (χ3v) is 6.32. The molecule has 2 aliphatic rings. The quantitative estimate of drug-likeness (QED) is 0.587. The Morgan fingerprint density at radius 2 is 2.12 bits per heavy atom. The number of hydrogen-bond acceptors (Lipinski definition) is 5. The summed E-state index contributed by atoms with van der Waals surface area (Å²) in [4.78, 5) is 13.2. The van der Waals surface area contributed by atoms with E-state index in [-0.39, 0.29) is 0 Å². The fraction of sp³-hybridized carbons (Fsp3) is 0.789. The second-order valence-electron chi connectivity index (χ2n) is 7.39. The molecular weight excluding hydrogens is 346 g/mol. The van der Waals surface area contributed by atoms with Gasteiger partial charge in [0.15, 0.2) is 5.96 Å². The van der Waals surface area contributed by atoms with Gasteiger partial charge in [0.05, 0.1) is 18.8 Å². The van der Waals surface area contributed by atoms with Crippen LogP contribution >= 0.6 is 11.3 Å². The maximum absolute atomic E-state index is 5.50. The molecule has 0 aromatic carbocycles. The van der Waals surface area contributed by atoms with Gasteiger partial charge in [-0.25, -0.2) is 9.98 Å². The summed E-state index contributed by atoms with van der Waals surface area (Å²) in [7, 11) is 0. The number of nitrogens with one attached hydrogen (secondary N) is 2. The van der Waals surface area contributed by atoms with Crippen molar-refractivity contribution in [2.75, 3.05) is 39.4 Å². The van der Waals surface area contributed by atoms with Crippen LogP contribution < -0.4 is 10.6 Å². The van der Waals surface area contributed by atoms with E-state index < -0.39 is 0 Å². The SMILES string of the molecule is CCNC(=NCc1nc(C)c(C)s1)NC1CCN(CC2CCOC2)CC1. The number of ether oxygens (including phenoxy) is 1. The Hall–Kier alpha value is -1.18. The minimum atomic E-state index is 0.503. The van der Waals surface area contributed by atoms with Crippen LogP contribution in [-0.2, 0) is 11.3 Å². The number of likely N-dealkylation sites (tertiary alicyclic amines) is 1. The number of hydrogen-bond donors (Lipinski definition) is 2. The summed E-state index contributed by atoms with van der Waals surface area (Å²) in [5.41, 5.74) is 1.12. The average Bonchev–Trinajstić information content (AvgIpc) is 3.25. The van der Waals surface area contributed by atoms with Crippen molar-refractivity contribution in [1.82, 2.24) is 20.5 Å². The first-order valence-electron chi connectivity index (χ1n) is 9.92. The molecule has 6 nitrogen and oxygen atoms in total. The maximum atomic E-state index is 5.50. The Balaban J connectivity index is 1.46. The fourth-order valence-electron chi connectivity index (χ4n) is 3.62. The number of nitrogens with zero attached hydrogens (tertiary/aromatic N) is 3. The number of aliphatic imine (C=N–C) groups is 1. The van der Waals surface area contributed by atoms with Crippen LogP contribution in [0.5, 0.6) is 0 Å². The molecule has 3 rings (SSSR count). The van der Waals surface area contributed by atoms with Gasteiger partial charge in [-0.1, -0.05) is 0 Å². The molecule has 0 radical (unpaired) electrons. The van der Waals surface area contributed by atoms with Gasteiger partial charge in [0.25, 0.3) is 0 Å². The molecular formula is C19H33N5OS. The van der Waals surface area contributed by atoms with E-state index in [4.69, 9.17) is 9.73 Å². The summed E-state index contributed by atoms with van der Waals surface area (Å²) in [5, 5.41) is 8.09. The first-order chi connectivity index (χ1) is 12.6. The van der Waals surface area contributed by atoms with Gasteiger partial charge >= 0.3 is 0 Å². The molecule has 2 fully saturated rings. The number of aromatic nitrogens is 1. The molecule has 1 aromatic heterocycles. The first kappa shape index (κ1) is 19.6. The van der Waals surface area contributed by atoms with Gasteiger partial charge in [-0.3, -0.25) is 0 Å². The number of aryl methyl sites for hydroxylation is 2. The van der Waals surface area contributed by atoms with Crippen LogP contribution in [0.2, 0.25) is 0 Å². The van der Waals surface area contributed by atoms with E-state index in [2.05, 4.69) is 41.3 Å². The van der Waals surface area contributed by atoms with Crippen LogP contribution in [0.15, 0.2) is 4.99 Å². The molecule has 0 bridgehead atoms. The molecule has 0 spiro atoms. The second-order valence-corrected chi connectivity index (χ2v) is 8.68. The van der Waals surface area contributed by atoms with Crippen LogP contribution in [0, 0.1) is 19.8 Å². The predicted octanol–water partition coefficient (Wildman–Crippen LogP) is 2.32. The normalized spacial score (nSPS) is 22.7. The molecule has 146 valence electrons. The molecule has 0 saturated carbocycles. The number of thiazole rings is 1. The molecule has 26 heavy (non-hydrogen) atoms. The first-order valence-corrected chi connectivity index (χ1v) is 10.7. The molecule has 7 heteroatoms. The van der Waals surface area contributed by atoms with Gasteiger partial charge < -0.3 is 20.3 Å². The third-order valence-electron chi connectivity index (χ3n) is 5.26. The molecule has 1 atom stereocenters. The molecule has 0 aliphatic carbocycles. The number of guanidine groups is 1. The van der Waals surface area contributed by atoms with Crippen molar-refractivity contribution < 1.29 is 4.74 Å². The summed E-state index contributed by atoms with van der Waals surface area (Å²) in [5.74, 6) is 1.66. The highest BCUT2D eigenvalue weighted by molar-refractivity contribution is 7.11. The van der Waals surface area contributed by atoms with Crippen molar-refractivity contribution >= 4 is 17.3 Å². The topological polar surface area (TPSA) is 61.8 Å². The average molecular weight is 380 g/mol. The lowest BCUT2D eigenvalue weighted by molar-refractivity contribution is 0.150. The molecule has 2 saturated heterocycles. The van der Waals surface area contributed by atoms with E-state index in [1.807, 2.05) is 0 Å². The van der Waals surface area contributed by atoms with Crippen molar-refractivity contribution in [3.63, 3.8) is 0 Å². The van der Waals surface area contributed by atoms with Crippen LogP contribution in [0.4, 0.5) is 0 Å². The predicted molar refractivity (Wildman–Crippen MR) is 108 cm³/mol. The molecule has 0 amide bonds. The van der Waals surface area contributed by atoms with Gasteiger partial charge in [-0.05, 0) is 46.0 Å². The summed E-state index contributed by atoms with van der Waals surface area (Å²) in [6.45, 7) is 13.2. The van der Waals surface area contributed by atoms with Crippen molar-refractivity contribution in [3.8, 4) is 0 Å². The van der Waals surface area contributed by atoms with E-state index in [1.165, 1.54) is 43.8 Å². The zero-order valence-electron chi connectivity index (χ0n) is 16.4. The fourth-order valence-corrected chi connectivity index (χ4v) is 4.48. The van der Waals surface area contributed by atoms with Gasteiger partial charge in [0, 0.05) is 43.7 Å². The summed E-state index contributed by atoms with van der Waals surface area (Å²) in [6, 6.07) is 0.503. The van der Waals surface area contributed by atoms with Gasteiger partial charge in [-0.15, -0.1) is 11.3 Å². The van der Waals surface area contributed by atoms with Crippen LogP contribution in [0.3, 0.4) is 0 Å². The van der Waals surface area contributed by atoms with Crippen LogP contribution in [0.1, 0.15) is 41.8 Å². The third kappa shape index (κ3) is 5.66. The molecule has 2 N–H and O–H groups in total. The Morgan fingerprint density at radius 1 is 1.31 bits per heavy atom. The van der Waals surface area contributed by atoms with E-state index in [1.54, 1.807) is 11.3 Å². The highest BCUT2D eigenvalue weighted by Crippen LogP contribution is 2.18. The molecule has 2 aliphatic heterocycles. The standard InChI is InChI=1S/C19H33N5OS/c1-4-20-19(21-11-18-22-14(2)15(3)26-18)23-17-5-8-24(9-6-17)12-16-7-10-25-13-16/h16-17H,4-13H2,1-3H3,(H2,20,21,23). The van der Waals surface area contributed by atoms with Crippen molar-refractivity contribution in [3.05, 3.63) is 15.6 Å². The minimum absolute atomic E-state index is 0.503. The zero-order chi connectivity index (χ0) is 18.4. The second kappa shape index (κ2) is 9.67.